The van der Waals surface area contributed by atoms with Gasteiger partial charge in [-0.15, -0.1) is 0 Å². The first kappa shape index (κ1) is 14.7. The smallest absolute Gasteiger partial charge is 0.274 e. The van der Waals surface area contributed by atoms with Gasteiger partial charge in [0.05, 0.1) is 27.5 Å². The van der Waals surface area contributed by atoms with Crippen LogP contribution in [-0.2, 0) is 0 Å². The molecule has 8 nitrogen and oxygen atoms in total. The Morgan fingerprint density at radius 1 is 1.33 bits per heavy atom. The zero-order valence-electron chi connectivity index (χ0n) is 10.5. The van der Waals surface area contributed by atoms with Crippen LogP contribution in [0, 0.1) is 10.1 Å². The second-order valence-electron chi connectivity index (χ2n) is 3.95. The van der Waals surface area contributed by atoms with Gasteiger partial charge in [-0.2, -0.15) is 0 Å². The van der Waals surface area contributed by atoms with Gasteiger partial charge in [0, 0.05) is 12.1 Å². The number of pyridine rings is 1. The summed E-state index contributed by atoms with van der Waals surface area (Å²) in [5.74, 6) is 4.65. The van der Waals surface area contributed by atoms with Crippen LogP contribution in [-0.4, -0.2) is 15.8 Å². The molecule has 0 atom stereocenters. The molecule has 1 amide bonds. The molecule has 108 valence electrons. The van der Waals surface area contributed by atoms with Crippen LogP contribution < -0.4 is 16.6 Å². The Morgan fingerprint density at radius 3 is 2.67 bits per heavy atom. The number of aromatic nitrogens is 1. The average Bonchev–Trinajstić information content (AvgIpc) is 2.49. The monoisotopic (exact) mass is 307 g/mol. The number of halogens is 1. The molecule has 9 heteroatoms. The number of benzene rings is 1. The lowest BCUT2D eigenvalue weighted by Gasteiger charge is -2.07. The van der Waals surface area contributed by atoms with Gasteiger partial charge in [-0.3, -0.25) is 20.8 Å². The van der Waals surface area contributed by atoms with Crippen molar-refractivity contribution < 1.29 is 9.72 Å². The van der Waals surface area contributed by atoms with Crippen molar-refractivity contribution in [2.24, 2.45) is 5.84 Å². The minimum atomic E-state index is -0.577. The maximum absolute atomic E-state index is 12.0. The number of nitrogens with two attached hydrogens (primary N) is 1. The maximum Gasteiger partial charge on any atom is 0.274 e. The molecule has 0 bridgehead atoms. The Hall–Kier alpha value is -2.71. The summed E-state index contributed by atoms with van der Waals surface area (Å²) in [5.41, 5.74) is 3.01. The molecule has 2 rings (SSSR count). The van der Waals surface area contributed by atoms with Gasteiger partial charge in [0.15, 0.2) is 0 Å². The highest BCUT2D eigenvalue weighted by Gasteiger charge is 2.14. The van der Waals surface area contributed by atoms with Crippen LogP contribution in [0.1, 0.15) is 10.5 Å². The summed E-state index contributed by atoms with van der Waals surface area (Å²) < 4.78 is 0. The van der Waals surface area contributed by atoms with E-state index in [0.717, 1.165) is 0 Å². The maximum atomic E-state index is 12.0. The summed E-state index contributed by atoms with van der Waals surface area (Å²) in [5, 5.41) is 13.4. The fourth-order valence-electron chi connectivity index (χ4n) is 1.52. The highest BCUT2D eigenvalue weighted by Crippen LogP contribution is 2.27. The molecule has 21 heavy (non-hydrogen) atoms. The van der Waals surface area contributed by atoms with Gasteiger partial charge in [-0.25, -0.2) is 4.98 Å². The van der Waals surface area contributed by atoms with E-state index >= 15 is 0 Å². The third-order valence-corrected chi connectivity index (χ3v) is 2.90. The Labute approximate surface area is 124 Å². The van der Waals surface area contributed by atoms with Crippen LogP contribution >= 0.6 is 11.6 Å². The Morgan fingerprint density at radius 2 is 2.10 bits per heavy atom. The topological polar surface area (TPSA) is 123 Å². The lowest BCUT2D eigenvalue weighted by Crippen LogP contribution is -2.15. The molecule has 0 fully saturated rings. The van der Waals surface area contributed by atoms with Crippen molar-refractivity contribution in [3.63, 3.8) is 0 Å². The van der Waals surface area contributed by atoms with Crippen LogP contribution in [0.2, 0.25) is 5.02 Å². The fourth-order valence-corrected chi connectivity index (χ4v) is 1.69. The summed E-state index contributed by atoms with van der Waals surface area (Å²) in [6.45, 7) is 0. The molecule has 4 N–H and O–H groups in total. The van der Waals surface area contributed by atoms with E-state index in [-0.39, 0.29) is 22.1 Å². The zero-order valence-corrected chi connectivity index (χ0v) is 11.3. The van der Waals surface area contributed by atoms with Crippen LogP contribution in [0.5, 0.6) is 0 Å². The first-order valence-electron chi connectivity index (χ1n) is 5.69. The highest BCUT2D eigenvalue weighted by atomic mass is 35.5. The number of nitro benzene ring substituents is 1. The summed E-state index contributed by atoms with van der Waals surface area (Å²) in [4.78, 5) is 26.0. The molecule has 0 radical (unpaired) electrons. The van der Waals surface area contributed by atoms with E-state index in [1.165, 1.54) is 30.5 Å². The zero-order chi connectivity index (χ0) is 15.4. The van der Waals surface area contributed by atoms with E-state index in [9.17, 15) is 14.9 Å². The summed E-state index contributed by atoms with van der Waals surface area (Å²) in [6.07, 6.45) is 1.38. The van der Waals surface area contributed by atoms with Crippen molar-refractivity contribution in [1.29, 1.82) is 0 Å². The van der Waals surface area contributed by atoms with E-state index in [2.05, 4.69) is 15.7 Å². The van der Waals surface area contributed by atoms with Gasteiger partial charge >= 0.3 is 0 Å². The van der Waals surface area contributed by atoms with Crippen LogP contribution in [0.3, 0.4) is 0 Å². The largest absolute Gasteiger partial charge is 0.323 e. The number of anilines is 2. The van der Waals surface area contributed by atoms with Gasteiger partial charge in [0.1, 0.15) is 5.69 Å². The molecule has 1 aromatic carbocycles. The number of nitrogens with one attached hydrogen (secondary N) is 2. The normalized spacial score (nSPS) is 10.0. The van der Waals surface area contributed by atoms with E-state index in [1.54, 1.807) is 6.07 Å². The second-order valence-corrected chi connectivity index (χ2v) is 4.36. The Balaban J connectivity index is 2.22. The fraction of sp³-hybridized carbons (Fsp3) is 0. The minimum Gasteiger partial charge on any atom is -0.323 e. The van der Waals surface area contributed by atoms with Gasteiger partial charge < -0.3 is 10.7 Å². The van der Waals surface area contributed by atoms with Crippen LogP contribution in [0.25, 0.3) is 0 Å². The molecular weight excluding hydrogens is 298 g/mol. The molecule has 2 aromatic rings. The first-order chi connectivity index (χ1) is 10.0. The standard InChI is InChI=1S/C12H10ClN5O3/c13-9-3-2-8(18(20)21)5-11(9)16-12(19)10-4-1-7(17-14)6-15-10/h1-6,17H,14H2,(H,16,19). The summed E-state index contributed by atoms with van der Waals surface area (Å²) >= 11 is 5.90. The number of hydrazine groups is 1. The van der Waals surface area contributed by atoms with Crippen molar-refractivity contribution in [3.05, 3.63) is 57.4 Å². The van der Waals surface area contributed by atoms with Gasteiger partial charge in [0.25, 0.3) is 11.6 Å². The molecule has 0 aliphatic heterocycles. The average molecular weight is 308 g/mol. The first-order valence-corrected chi connectivity index (χ1v) is 6.07. The Bertz CT molecular complexity index is 690. The quantitative estimate of drug-likeness (QED) is 0.452. The van der Waals surface area contributed by atoms with Crippen LogP contribution in [0.15, 0.2) is 36.5 Å². The lowest BCUT2D eigenvalue weighted by atomic mass is 10.2. The van der Waals surface area contributed by atoms with Crippen molar-refractivity contribution in [1.82, 2.24) is 4.98 Å². The van der Waals surface area contributed by atoms with Gasteiger partial charge in [-0.1, -0.05) is 11.6 Å². The van der Waals surface area contributed by atoms with E-state index < -0.39 is 10.8 Å². The third-order valence-electron chi connectivity index (χ3n) is 2.57. The van der Waals surface area contributed by atoms with E-state index in [0.29, 0.717) is 5.69 Å². The number of carbonyl (C=O) groups excluding carboxylic acids is 1. The summed E-state index contributed by atoms with van der Waals surface area (Å²) in [6, 6.07) is 6.78. The van der Waals surface area contributed by atoms with E-state index in [4.69, 9.17) is 17.4 Å². The van der Waals surface area contributed by atoms with Crippen molar-refractivity contribution in [2.75, 3.05) is 10.7 Å². The molecule has 1 heterocycles. The molecule has 0 saturated heterocycles. The number of non-ortho nitro benzene ring substituents is 1. The molecule has 0 aliphatic carbocycles. The number of rotatable bonds is 4. The van der Waals surface area contributed by atoms with Crippen LogP contribution in [0.4, 0.5) is 17.1 Å². The molecule has 0 saturated carbocycles. The number of hydrogen-bond acceptors (Lipinski definition) is 6. The number of carbonyl (C=O) groups is 1. The van der Waals surface area contributed by atoms with Crippen molar-refractivity contribution >= 4 is 34.6 Å². The minimum absolute atomic E-state index is 0.122. The van der Waals surface area contributed by atoms with Crippen molar-refractivity contribution in [3.8, 4) is 0 Å². The van der Waals surface area contributed by atoms with Gasteiger partial charge in [0.2, 0.25) is 0 Å². The molecule has 0 spiro atoms. The lowest BCUT2D eigenvalue weighted by molar-refractivity contribution is -0.384. The SMILES string of the molecule is NNc1ccc(C(=O)Nc2cc([N+](=O)[O-])ccc2Cl)nc1. The van der Waals surface area contributed by atoms with Crippen molar-refractivity contribution in [2.45, 2.75) is 0 Å². The predicted molar refractivity (Wildman–Crippen MR) is 78.1 cm³/mol. The number of nitrogen functional groups attached to an aromatic ring is 1. The molecular formula is C12H10ClN5O3. The molecule has 1 aromatic heterocycles. The number of nitrogens with zero attached hydrogens (tertiary/aromatic N) is 2. The molecule has 0 unspecified atom stereocenters. The number of nitro groups is 1. The highest BCUT2D eigenvalue weighted by molar-refractivity contribution is 6.34. The van der Waals surface area contributed by atoms with Gasteiger partial charge in [-0.05, 0) is 18.2 Å². The summed E-state index contributed by atoms with van der Waals surface area (Å²) in [7, 11) is 0. The molecule has 0 aliphatic rings. The third kappa shape index (κ3) is 3.44. The number of amides is 1. The Kier molecular flexibility index (Phi) is 4.31. The predicted octanol–water partition coefficient (Wildman–Crippen LogP) is 2.18. The second kappa shape index (κ2) is 6.16. The number of hydrogen-bond donors (Lipinski definition) is 3. The van der Waals surface area contributed by atoms with E-state index in [1.807, 2.05) is 0 Å².